The number of likely N-dealkylation sites (tertiary alicyclic amines) is 1. The van der Waals surface area contributed by atoms with Crippen molar-refractivity contribution in [2.24, 2.45) is 0 Å². The fraction of sp³-hybridized carbons (Fsp3) is 0.529. The number of hydrogen-bond donors (Lipinski definition) is 1. The summed E-state index contributed by atoms with van der Waals surface area (Å²) >= 11 is 9.39. The van der Waals surface area contributed by atoms with E-state index < -0.39 is 11.7 Å². The first-order valence-electron chi connectivity index (χ1n) is 7.85. The minimum atomic E-state index is -0.529. The van der Waals surface area contributed by atoms with Crippen LogP contribution in [0.3, 0.4) is 0 Å². The second kappa shape index (κ2) is 7.74. The van der Waals surface area contributed by atoms with Crippen LogP contribution in [0.5, 0.6) is 0 Å². The van der Waals surface area contributed by atoms with Crippen molar-refractivity contribution in [3.63, 3.8) is 0 Å². The van der Waals surface area contributed by atoms with Crippen molar-refractivity contribution in [2.45, 2.75) is 45.3 Å². The van der Waals surface area contributed by atoms with Crippen molar-refractivity contribution < 1.29 is 14.3 Å². The molecule has 0 aliphatic carbocycles. The summed E-state index contributed by atoms with van der Waals surface area (Å²) in [6, 6.07) is 5.43. The molecule has 24 heavy (non-hydrogen) atoms. The van der Waals surface area contributed by atoms with Gasteiger partial charge >= 0.3 is 6.09 Å². The van der Waals surface area contributed by atoms with Crippen LogP contribution in [-0.4, -0.2) is 41.6 Å². The summed E-state index contributed by atoms with van der Waals surface area (Å²) in [5.74, 6) is 0.0295. The van der Waals surface area contributed by atoms with Crippen LogP contribution in [0.4, 0.5) is 4.79 Å². The molecule has 1 aliphatic rings. The van der Waals surface area contributed by atoms with Crippen molar-refractivity contribution in [2.75, 3.05) is 13.1 Å². The Morgan fingerprint density at radius 3 is 2.75 bits per heavy atom. The van der Waals surface area contributed by atoms with Crippen LogP contribution in [0.15, 0.2) is 22.7 Å². The monoisotopic (exact) mass is 416 g/mol. The normalized spacial score (nSPS) is 17.7. The Morgan fingerprint density at radius 2 is 2.12 bits per heavy atom. The second-order valence-electron chi connectivity index (χ2n) is 6.90. The average molecular weight is 418 g/mol. The van der Waals surface area contributed by atoms with Gasteiger partial charge in [0.15, 0.2) is 0 Å². The van der Waals surface area contributed by atoms with Gasteiger partial charge in [-0.15, -0.1) is 0 Å². The predicted molar refractivity (Wildman–Crippen MR) is 97.2 cm³/mol. The van der Waals surface area contributed by atoms with E-state index in [-0.39, 0.29) is 11.9 Å². The number of nitrogens with one attached hydrogen (secondary N) is 1. The van der Waals surface area contributed by atoms with Gasteiger partial charge in [0, 0.05) is 17.6 Å². The molecule has 0 aromatic heterocycles. The van der Waals surface area contributed by atoms with E-state index in [2.05, 4.69) is 21.2 Å². The number of rotatable bonds is 3. The Balaban J connectivity index is 1.85. The van der Waals surface area contributed by atoms with Gasteiger partial charge in [0.25, 0.3) is 0 Å². The van der Waals surface area contributed by atoms with E-state index in [9.17, 15) is 9.59 Å². The Hall–Kier alpha value is -1.27. The highest BCUT2D eigenvalue weighted by molar-refractivity contribution is 9.10. The summed E-state index contributed by atoms with van der Waals surface area (Å²) < 4.78 is 6.05. The zero-order valence-corrected chi connectivity index (χ0v) is 16.4. The molecule has 1 atom stereocenters. The smallest absolute Gasteiger partial charge is 0.407 e. The van der Waals surface area contributed by atoms with Crippen molar-refractivity contribution in [1.82, 2.24) is 10.2 Å². The van der Waals surface area contributed by atoms with Crippen LogP contribution in [0.2, 0.25) is 5.02 Å². The van der Waals surface area contributed by atoms with E-state index in [1.165, 1.54) is 0 Å². The number of carbonyl (C=O) groups is 2. The maximum atomic E-state index is 12.4. The highest BCUT2D eigenvalue weighted by atomic mass is 79.9. The summed E-state index contributed by atoms with van der Waals surface area (Å²) in [6.45, 7) is 6.59. The molecule has 5 nitrogen and oxygen atoms in total. The maximum Gasteiger partial charge on any atom is 0.407 e. The Kier molecular flexibility index (Phi) is 6.15. The molecule has 0 spiro atoms. The van der Waals surface area contributed by atoms with Gasteiger partial charge in [-0.2, -0.15) is 0 Å². The van der Waals surface area contributed by atoms with Crippen LogP contribution in [0, 0.1) is 0 Å². The molecule has 7 heteroatoms. The molecule has 1 saturated heterocycles. The Labute approximate surface area is 155 Å². The lowest BCUT2D eigenvalue weighted by Crippen LogP contribution is -2.41. The predicted octanol–water partition coefficient (Wildman–Crippen LogP) is 3.77. The van der Waals surface area contributed by atoms with Crippen LogP contribution >= 0.6 is 27.5 Å². The SMILES string of the molecule is CC(C)(C)OC(=O)NC1CCN(C(=O)Cc2ccc(Br)c(Cl)c2)C1. The molecule has 0 radical (unpaired) electrons. The van der Waals surface area contributed by atoms with E-state index >= 15 is 0 Å². The van der Waals surface area contributed by atoms with Gasteiger partial charge in [0.1, 0.15) is 5.60 Å². The van der Waals surface area contributed by atoms with Crippen molar-refractivity contribution in [3.05, 3.63) is 33.3 Å². The summed E-state index contributed by atoms with van der Waals surface area (Å²) in [4.78, 5) is 26.0. The van der Waals surface area contributed by atoms with E-state index in [4.69, 9.17) is 16.3 Å². The molecular weight excluding hydrogens is 396 g/mol. The van der Waals surface area contributed by atoms with Crippen molar-refractivity contribution in [3.8, 4) is 0 Å². The van der Waals surface area contributed by atoms with Gasteiger partial charge in [0.2, 0.25) is 5.91 Å². The highest BCUT2D eigenvalue weighted by Crippen LogP contribution is 2.24. The van der Waals surface area contributed by atoms with Gasteiger partial charge in [-0.05, 0) is 60.8 Å². The molecule has 1 N–H and O–H groups in total. The highest BCUT2D eigenvalue weighted by Gasteiger charge is 2.28. The van der Waals surface area contributed by atoms with Crippen molar-refractivity contribution in [1.29, 1.82) is 0 Å². The average Bonchev–Trinajstić information content (AvgIpc) is 2.89. The standard InChI is InChI=1S/C17H22BrClN2O3/c1-17(2,3)24-16(23)20-12-6-7-21(10-12)15(22)9-11-4-5-13(18)14(19)8-11/h4-5,8,12H,6-7,9-10H2,1-3H3,(H,20,23). The minimum absolute atomic E-state index is 0.0295. The van der Waals surface area contributed by atoms with Gasteiger partial charge in [-0.25, -0.2) is 4.79 Å². The van der Waals surface area contributed by atoms with Gasteiger partial charge < -0.3 is 15.0 Å². The third kappa shape index (κ3) is 5.67. The van der Waals surface area contributed by atoms with Gasteiger partial charge in [-0.3, -0.25) is 4.79 Å². The molecule has 1 aliphatic heterocycles. The second-order valence-corrected chi connectivity index (χ2v) is 8.16. The van der Waals surface area contributed by atoms with Crippen LogP contribution in [0.1, 0.15) is 32.8 Å². The molecule has 0 saturated carbocycles. The lowest BCUT2D eigenvalue weighted by Gasteiger charge is -2.22. The molecule has 2 amide bonds. The first kappa shape index (κ1) is 19.1. The third-order valence-electron chi connectivity index (χ3n) is 3.60. The largest absolute Gasteiger partial charge is 0.444 e. The molecule has 1 aromatic rings. The fourth-order valence-electron chi connectivity index (χ4n) is 2.51. The van der Waals surface area contributed by atoms with Crippen LogP contribution < -0.4 is 5.32 Å². The first-order chi connectivity index (χ1) is 11.1. The maximum absolute atomic E-state index is 12.4. The lowest BCUT2D eigenvalue weighted by molar-refractivity contribution is -0.129. The third-order valence-corrected chi connectivity index (χ3v) is 4.83. The van der Waals surface area contributed by atoms with Crippen LogP contribution in [0.25, 0.3) is 0 Å². The number of amides is 2. The molecule has 132 valence electrons. The van der Waals surface area contributed by atoms with E-state index in [0.29, 0.717) is 24.5 Å². The lowest BCUT2D eigenvalue weighted by atomic mass is 10.1. The summed E-state index contributed by atoms with van der Waals surface area (Å²) in [5.41, 5.74) is 0.343. The number of benzene rings is 1. The number of hydrogen-bond acceptors (Lipinski definition) is 3. The summed E-state index contributed by atoms with van der Waals surface area (Å²) in [6.07, 6.45) is 0.583. The molecule has 0 bridgehead atoms. The van der Waals surface area contributed by atoms with E-state index in [1.807, 2.05) is 32.9 Å². The van der Waals surface area contributed by atoms with Gasteiger partial charge in [-0.1, -0.05) is 17.7 Å². The topological polar surface area (TPSA) is 58.6 Å². The zero-order valence-electron chi connectivity index (χ0n) is 14.1. The fourth-order valence-corrected chi connectivity index (χ4v) is 2.96. The summed E-state index contributed by atoms with van der Waals surface area (Å²) in [7, 11) is 0. The molecule has 1 aromatic carbocycles. The zero-order chi connectivity index (χ0) is 17.9. The van der Waals surface area contributed by atoms with Gasteiger partial charge in [0.05, 0.1) is 17.5 Å². The summed E-state index contributed by atoms with van der Waals surface area (Å²) in [5, 5.41) is 3.41. The Morgan fingerprint density at radius 1 is 1.42 bits per heavy atom. The minimum Gasteiger partial charge on any atom is -0.444 e. The molecule has 1 fully saturated rings. The number of ether oxygens (including phenoxy) is 1. The molecular formula is C17H22BrClN2O3. The number of alkyl carbamates (subject to hydrolysis) is 1. The Bertz CT molecular complexity index is 631. The van der Waals surface area contributed by atoms with Crippen LogP contribution in [-0.2, 0) is 16.0 Å². The van der Waals surface area contributed by atoms with Crippen molar-refractivity contribution >= 4 is 39.5 Å². The quantitative estimate of drug-likeness (QED) is 0.814. The first-order valence-corrected chi connectivity index (χ1v) is 9.02. The molecule has 1 heterocycles. The number of carbonyl (C=O) groups excluding carboxylic acids is 2. The number of halogens is 2. The van der Waals surface area contributed by atoms with E-state index in [1.54, 1.807) is 11.0 Å². The number of nitrogens with zero attached hydrogens (tertiary/aromatic N) is 1. The van der Waals surface area contributed by atoms with E-state index in [0.717, 1.165) is 16.5 Å². The molecule has 2 rings (SSSR count). The molecule has 1 unspecified atom stereocenters.